The van der Waals surface area contributed by atoms with Crippen molar-refractivity contribution in [2.45, 2.75) is 20.3 Å². The Morgan fingerprint density at radius 2 is 2.30 bits per heavy atom. The van der Waals surface area contributed by atoms with Crippen molar-refractivity contribution in [3.63, 3.8) is 0 Å². The van der Waals surface area contributed by atoms with Crippen LogP contribution in [0, 0.1) is 0 Å². The lowest BCUT2D eigenvalue weighted by Gasteiger charge is -1.88. The largest absolute Gasteiger partial charge is 0.329 e. The molecule has 0 aromatic rings. The van der Waals surface area contributed by atoms with Gasteiger partial charge in [-0.3, -0.25) is 4.99 Å². The molecule has 0 rings (SSSR count). The molecule has 0 aliphatic rings. The summed E-state index contributed by atoms with van der Waals surface area (Å²) in [6, 6.07) is 0. The molecule has 0 saturated heterocycles. The molecule has 0 aliphatic heterocycles. The first-order chi connectivity index (χ1) is 4.81. The number of hydrogen-bond donors (Lipinski definition) is 1. The van der Waals surface area contributed by atoms with Crippen molar-refractivity contribution in [2.24, 2.45) is 10.7 Å². The minimum atomic E-state index is 0.635. The molecule has 2 nitrogen and oxygen atoms in total. The molecule has 0 aromatic carbocycles. The molecule has 0 spiro atoms. The molecular formula is C8H16N2. The van der Waals surface area contributed by atoms with E-state index in [0.29, 0.717) is 6.54 Å². The second-order valence-electron chi connectivity index (χ2n) is 2.18. The Balaban J connectivity index is 3.55. The van der Waals surface area contributed by atoms with E-state index in [1.807, 2.05) is 13.1 Å². The fraction of sp³-hybridized carbons (Fsp3) is 0.625. The summed E-state index contributed by atoms with van der Waals surface area (Å²) in [6.45, 7) is 5.52. The number of nitrogens with zero attached hydrogens (tertiary/aromatic N) is 1. The monoisotopic (exact) mass is 140 g/mol. The number of rotatable bonds is 4. The van der Waals surface area contributed by atoms with Gasteiger partial charge in [-0.1, -0.05) is 13.0 Å². The van der Waals surface area contributed by atoms with Crippen LogP contribution >= 0.6 is 0 Å². The molecule has 0 heterocycles. The summed E-state index contributed by atoms with van der Waals surface area (Å²) in [5.41, 5.74) is 6.47. The molecule has 58 valence electrons. The van der Waals surface area contributed by atoms with Crippen molar-refractivity contribution in [1.82, 2.24) is 0 Å². The van der Waals surface area contributed by atoms with Gasteiger partial charge in [0.05, 0.1) is 6.54 Å². The SMILES string of the molecule is CC/C=C(\C)C=NCCN. The minimum absolute atomic E-state index is 0.635. The first-order valence-electron chi connectivity index (χ1n) is 3.68. The Morgan fingerprint density at radius 3 is 2.80 bits per heavy atom. The fourth-order valence-corrected chi connectivity index (χ4v) is 0.658. The Bertz CT molecular complexity index is 125. The van der Waals surface area contributed by atoms with Gasteiger partial charge in [-0.15, -0.1) is 0 Å². The van der Waals surface area contributed by atoms with E-state index in [4.69, 9.17) is 5.73 Å². The highest BCUT2D eigenvalue weighted by atomic mass is 14.7. The molecule has 0 saturated carbocycles. The van der Waals surface area contributed by atoms with Crippen LogP contribution in [-0.2, 0) is 0 Å². The van der Waals surface area contributed by atoms with Crippen molar-refractivity contribution in [1.29, 1.82) is 0 Å². The minimum Gasteiger partial charge on any atom is -0.329 e. The van der Waals surface area contributed by atoms with Gasteiger partial charge in [0, 0.05) is 12.8 Å². The van der Waals surface area contributed by atoms with Crippen LogP contribution in [0.3, 0.4) is 0 Å². The lowest BCUT2D eigenvalue weighted by atomic mass is 10.3. The molecule has 0 bridgehead atoms. The lowest BCUT2D eigenvalue weighted by molar-refractivity contribution is 0.980. The van der Waals surface area contributed by atoms with Crippen molar-refractivity contribution in [3.05, 3.63) is 11.6 Å². The molecule has 0 fully saturated rings. The van der Waals surface area contributed by atoms with E-state index < -0.39 is 0 Å². The summed E-state index contributed by atoms with van der Waals surface area (Å²) >= 11 is 0. The third kappa shape index (κ3) is 5.51. The summed E-state index contributed by atoms with van der Waals surface area (Å²) in [7, 11) is 0. The van der Waals surface area contributed by atoms with Crippen LogP contribution in [0.2, 0.25) is 0 Å². The fourth-order valence-electron chi connectivity index (χ4n) is 0.658. The molecule has 0 aliphatic carbocycles. The van der Waals surface area contributed by atoms with Crippen LogP contribution < -0.4 is 5.73 Å². The molecule has 0 atom stereocenters. The van der Waals surface area contributed by atoms with Crippen molar-refractivity contribution >= 4 is 6.21 Å². The molecule has 2 heteroatoms. The number of nitrogens with two attached hydrogens (primary N) is 1. The maximum absolute atomic E-state index is 5.26. The van der Waals surface area contributed by atoms with Crippen LogP contribution in [0.4, 0.5) is 0 Å². The first kappa shape index (κ1) is 9.37. The quantitative estimate of drug-likeness (QED) is 0.588. The van der Waals surface area contributed by atoms with Gasteiger partial charge in [0.15, 0.2) is 0 Å². The number of hydrogen-bond acceptors (Lipinski definition) is 2. The number of allylic oxidation sites excluding steroid dienone is 2. The second kappa shape index (κ2) is 6.49. The van der Waals surface area contributed by atoms with E-state index >= 15 is 0 Å². The van der Waals surface area contributed by atoms with E-state index in [-0.39, 0.29) is 0 Å². The Labute approximate surface area is 62.8 Å². The van der Waals surface area contributed by atoms with Crippen LogP contribution in [0.15, 0.2) is 16.6 Å². The zero-order valence-electron chi connectivity index (χ0n) is 6.80. The molecule has 0 amide bonds. The normalized spacial score (nSPS) is 12.9. The Kier molecular flexibility index (Phi) is 6.08. The standard InChI is InChI=1S/C8H16N2/c1-3-4-8(2)7-10-6-5-9/h4,7H,3,5-6,9H2,1-2H3/b8-4+,10-7?. The van der Waals surface area contributed by atoms with Crippen LogP contribution in [0.25, 0.3) is 0 Å². The molecule has 0 unspecified atom stereocenters. The zero-order chi connectivity index (χ0) is 7.82. The van der Waals surface area contributed by atoms with Gasteiger partial charge < -0.3 is 5.73 Å². The predicted octanol–water partition coefficient (Wildman–Crippen LogP) is 1.37. The third-order valence-corrected chi connectivity index (χ3v) is 1.08. The van der Waals surface area contributed by atoms with E-state index in [9.17, 15) is 0 Å². The second-order valence-corrected chi connectivity index (χ2v) is 2.18. The van der Waals surface area contributed by atoms with E-state index in [1.165, 1.54) is 5.57 Å². The van der Waals surface area contributed by atoms with Crippen LogP contribution in [0.5, 0.6) is 0 Å². The van der Waals surface area contributed by atoms with Crippen LogP contribution in [0.1, 0.15) is 20.3 Å². The summed E-state index contributed by atoms with van der Waals surface area (Å²) in [5, 5.41) is 0. The van der Waals surface area contributed by atoms with Gasteiger partial charge in [-0.25, -0.2) is 0 Å². The predicted molar refractivity (Wildman–Crippen MR) is 46.5 cm³/mol. The zero-order valence-corrected chi connectivity index (χ0v) is 6.80. The van der Waals surface area contributed by atoms with Crippen molar-refractivity contribution in [3.8, 4) is 0 Å². The molecule has 10 heavy (non-hydrogen) atoms. The highest BCUT2D eigenvalue weighted by molar-refractivity contribution is 5.77. The highest BCUT2D eigenvalue weighted by Gasteiger charge is 1.78. The van der Waals surface area contributed by atoms with Crippen molar-refractivity contribution < 1.29 is 0 Å². The van der Waals surface area contributed by atoms with E-state index in [1.54, 1.807) is 0 Å². The Morgan fingerprint density at radius 1 is 1.60 bits per heavy atom. The molecule has 0 aromatic heterocycles. The highest BCUT2D eigenvalue weighted by Crippen LogP contribution is 1.89. The first-order valence-corrected chi connectivity index (χ1v) is 3.68. The van der Waals surface area contributed by atoms with E-state index in [0.717, 1.165) is 13.0 Å². The maximum atomic E-state index is 5.26. The topological polar surface area (TPSA) is 38.4 Å². The summed E-state index contributed by atoms with van der Waals surface area (Å²) in [5.74, 6) is 0. The van der Waals surface area contributed by atoms with Crippen LogP contribution in [-0.4, -0.2) is 19.3 Å². The summed E-state index contributed by atoms with van der Waals surface area (Å²) in [6.07, 6.45) is 5.08. The summed E-state index contributed by atoms with van der Waals surface area (Å²) < 4.78 is 0. The van der Waals surface area contributed by atoms with Gasteiger partial charge in [0.25, 0.3) is 0 Å². The van der Waals surface area contributed by atoms with Gasteiger partial charge in [0.1, 0.15) is 0 Å². The average Bonchev–Trinajstić information content (AvgIpc) is 1.89. The molecule has 0 radical (unpaired) electrons. The lowest BCUT2D eigenvalue weighted by Crippen LogP contribution is -2.02. The molecular weight excluding hydrogens is 124 g/mol. The Hall–Kier alpha value is -0.630. The van der Waals surface area contributed by atoms with Gasteiger partial charge in [0.2, 0.25) is 0 Å². The average molecular weight is 140 g/mol. The van der Waals surface area contributed by atoms with Gasteiger partial charge in [-0.05, 0) is 18.9 Å². The number of aliphatic imine (C=N–C) groups is 1. The van der Waals surface area contributed by atoms with Gasteiger partial charge in [-0.2, -0.15) is 0 Å². The van der Waals surface area contributed by atoms with Crippen molar-refractivity contribution in [2.75, 3.05) is 13.1 Å². The smallest absolute Gasteiger partial charge is 0.0512 e. The summed E-state index contributed by atoms with van der Waals surface area (Å²) in [4.78, 5) is 4.09. The maximum Gasteiger partial charge on any atom is 0.0512 e. The van der Waals surface area contributed by atoms with E-state index in [2.05, 4.69) is 18.0 Å². The third-order valence-electron chi connectivity index (χ3n) is 1.08. The molecule has 2 N–H and O–H groups in total. The van der Waals surface area contributed by atoms with Gasteiger partial charge >= 0.3 is 0 Å².